The monoisotopic (exact) mass is 523 g/mol. The average molecular weight is 524 g/mol. The molecule has 6 N–H and O–H groups in total. The van der Waals surface area contributed by atoms with Gasteiger partial charge < -0.3 is 31.5 Å². The molecule has 0 heterocycles. The minimum atomic E-state index is -3.01. The Hall–Kier alpha value is -3.26. The highest BCUT2D eigenvalue weighted by Gasteiger charge is 2.37. The Morgan fingerprint density at radius 1 is 1.22 bits per heavy atom. The molecule has 2 amide bonds. The number of nitrogens with zero attached hydrogens (tertiary/aromatic N) is 1. The number of aliphatic hydroxyl groups is 1. The molecule has 9 nitrogen and oxygen atoms in total. The first kappa shape index (κ1) is 30.8. The van der Waals surface area contributed by atoms with Crippen molar-refractivity contribution >= 4 is 23.8 Å². The normalized spacial score (nSPS) is 14.1. The lowest BCUT2D eigenvalue weighted by atomic mass is 9.85. The minimum Gasteiger partial charge on any atom is -0.453 e. The summed E-state index contributed by atoms with van der Waals surface area (Å²) in [4.78, 5) is 26.8. The predicted molar refractivity (Wildman–Crippen MR) is 123 cm³/mol. The molecular weight excluding hydrogens is 493 g/mol. The van der Waals surface area contributed by atoms with Gasteiger partial charge in [0.05, 0.1) is 19.9 Å². The van der Waals surface area contributed by atoms with Crippen LogP contribution in [0.1, 0.15) is 25.0 Å². The number of rotatable bonds is 13. The number of hydrogen-bond acceptors (Lipinski definition) is 7. The van der Waals surface area contributed by atoms with Gasteiger partial charge in [0.25, 0.3) is 0 Å². The van der Waals surface area contributed by atoms with Crippen molar-refractivity contribution in [2.45, 2.75) is 39.1 Å². The largest absolute Gasteiger partial charge is 0.453 e. The lowest BCUT2D eigenvalue weighted by molar-refractivity contribution is -0.126. The lowest BCUT2D eigenvalue weighted by Gasteiger charge is -2.31. The van der Waals surface area contributed by atoms with E-state index in [1.54, 1.807) is 0 Å². The number of alkyl carbamates (subject to hydrolysis) is 1. The third-order valence-corrected chi connectivity index (χ3v) is 5.01. The molecule has 0 saturated heterocycles. The molecule has 0 radical (unpaired) electrons. The van der Waals surface area contributed by atoms with E-state index < -0.39 is 54.4 Å². The van der Waals surface area contributed by atoms with Crippen LogP contribution in [0.25, 0.3) is 5.57 Å². The van der Waals surface area contributed by atoms with Gasteiger partial charge in [-0.15, -0.1) is 0 Å². The number of nitrogens with one attached hydrogen (secondary N) is 3. The van der Waals surface area contributed by atoms with Crippen molar-refractivity contribution < 1.29 is 41.4 Å². The van der Waals surface area contributed by atoms with Gasteiger partial charge in [0.15, 0.2) is 0 Å². The Morgan fingerprint density at radius 3 is 2.33 bits per heavy atom. The van der Waals surface area contributed by atoms with Crippen molar-refractivity contribution in [2.75, 3.05) is 26.9 Å². The van der Waals surface area contributed by atoms with Gasteiger partial charge in [-0.25, -0.2) is 18.6 Å². The Kier molecular flexibility index (Phi) is 12.3. The molecule has 0 aromatic heterocycles. The van der Waals surface area contributed by atoms with Crippen LogP contribution in [0.15, 0.2) is 23.3 Å². The van der Waals surface area contributed by atoms with Gasteiger partial charge in [0.2, 0.25) is 5.91 Å². The Balaban J connectivity index is 2.72. The van der Waals surface area contributed by atoms with E-state index >= 15 is 0 Å². The number of alkyl halides is 3. The van der Waals surface area contributed by atoms with E-state index in [1.807, 2.05) is 0 Å². The molecule has 202 valence electrons. The third-order valence-electron chi connectivity index (χ3n) is 5.01. The van der Waals surface area contributed by atoms with E-state index in [0.29, 0.717) is 6.21 Å². The predicted octanol–water partition coefficient (Wildman–Crippen LogP) is 1.84. The molecular formula is C22H30F5N5O4. The zero-order valence-corrected chi connectivity index (χ0v) is 20.0. The highest BCUT2D eigenvalue weighted by molar-refractivity contribution is 6.09. The SMILES string of the molecule is COC(=O)NC(C(=O)NC[C@@H](O)CNCc1c(F)cc(C(C=NC(F)F)=CN)cc1F)C(C)(C)CF. The van der Waals surface area contributed by atoms with Crippen LogP contribution in [0, 0.1) is 17.0 Å². The summed E-state index contributed by atoms with van der Waals surface area (Å²) in [6.45, 7) is -1.98. The van der Waals surface area contributed by atoms with Gasteiger partial charge in [-0.3, -0.25) is 9.18 Å². The highest BCUT2D eigenvalue weighted by atomic mass is 19.3. The van der Waals surface area contributed by atoms with Gasteiger partial charge in [0, 0.05) is 48.6 Å². The van der Waals surface area contributed by atoms with Gasteiger partial charge in [-0.2, -0.15) is 8.78 Å². The van der Waals surface area contributed by atoms with Crippen LogP contribution in [0.2, 0.25) is 0 Å². The van der Waals surface area contributed by atoms with Crippen molar-refractivity contribution in [3.05, 3.63) is 41.1 Å². The molecule has 0 bridgehead atoms. The van der Waals surface area contributed by atoms with Crippen LogP contribution < -0.4 is 21.7 Å². The number of hydrogen-bond donors (Lipinski definition) is 5. The van der Waals surface area contributed by atoms with Crippen molar-refractivity contribution in [1.82, 2.24) is 16.0 Å². The number of benzene rings is 1. The molecule has 1 rings (SSSR count). The fraction of sp³-hybridized carbons (Fsp3) is 0.500. The second-order valence-electron chi connectivity index (χ2n) is 8.32. The summed E-state index contributed by atoms with van der Waals surface area (Å²) in [5.41, 5.74) is 3.44. The lowest BCUT2D eigenvalue weighted by Crippen LogP contribution is -2.56. The maximum Gasteiger partial charge on any atom is 0.407 e. The number of aliphatic imine (C=N–C) groups is 1. The molecule has 0 fully saturated rings. The highest BCUT2D eigenvalue weighted by Crippen LogP contribution is 2.22. The first-order chi connectivity index (χ1) is 16.9. The van der Waals surface area contributed by atoms with E-state index in [4.69, 9.17) is 5.73 Å². The van der Waals surface area contributed by atoms with Crippen molar-refractivity contribution in [1.29, 1.82) is 0 Å². The number of carbonyl (C=O) groups excluding carboxylic acids is 2. The van der Waals surface area contributed by atoms with Crippen molar-refractivity contribution in [3.8, 4) is 0 Å². The van der Waals surface area contributed by atoms with Gasteiger partial charge in [-0.05, 0) is 17.7 Å². The third kappa shape index (κ3) is 9.41. The Morgan fingerprint density at radius 2 is 1.83 bits per heavy atom. The number of amides is 2. The van der Waals surface area contributed by atoms with Gasteiger partial charge >= 0.3 is 12.6 Å². The minimum absolute atomic E-state index is 0.102. The van der Waals surface area contributed by atoms with Crippen LogP contribution >= 0.6 is 0 Å². The van der Waals surface area contributed by atoms with Crippen LogP contribution in [-0.2, 0) is 16.1 Å². The van der Waals surface area contributed by atoms with Crippen molar-refractivity contribution in [2.24, 2.45) is 16.1 Å². The Bertz CT molecular complexity index is 936. The van der Waals surface area contributed by atoms with Crippen molar-refractivity contribution in [3.63, 3.8) is 0 Å². The van der Waals surface area contributed by atoms with E-state index in [0.717, 1.165) is 25.4 Å². The first-order valence-corrected chi connectivity index (χ1v) is 10.6. The molecule has 36 heavy (non-hydrogen) atoms. The van der Waals surface area contributed by atoms with Crippen LogP contribution in [0.4, 0.5) is 26.7 Å². The number of nitrogens with two attached hydrogens (primary N) is 1. The average Bonchev–Trinajstić information content (AvgIpc) is 2.82. The topological polar surface area (TPSA) is 138 Å². The second kappa shape index (κ2) is 14.3. The van der Waals surface area contributed by atoms with E-state index in [9.17, 15) is 36.6 Å². The summed E-state index contributed by atoms with van der Waals surface area (Å²) in [7, 11) is 1.08. The summed E-state index contributed by atoms with van der Waals surface area (Å²) >= 11 is 0. The van der Waals surface area contributed by atoms with Crippen LogP contribution in [0.5, 0.6) is 0 Å². The van der Waals surface area contributed by atoms with Crippen LogP contribution in [-0.4, -0.2) is 68.9 Å². The molecule has 0 aliphatic rings. The number of allylic oxidation sites excluding steroid dienone is 1. The fourth-order valence-corrected chi connectivity index (χ4v) is 2.92. The summed E-state index contributed by atoms with van der Waals surface area (Å²) in [5, 5.41) is 17.3. The summed E-state index contributed by atoms with van der Waals surface area (Å²) in [5.74, 6) is -2.75. The summed E-state index contributed by atoms with van der Waals surface area (Å²) in [6.07, 6.45) is -0.572. The summed E-state index contributed by atoms with van der Waals surface area (Å²) < 4.78 is 71.1. The zero-order chi connectivity index (χ0) is 27.5. The Labute approximate surface area is 205 Å². The zero-order valence-electron chi connectivity index (χ0n) is 20.0. The smallest absolute Gasteiger partial charge is 0.407 e. The molecule has 1 unspecified atom stereocenters. The number of aliphatic hydroxyl groups excluding tert-OH is 1. The maximum absolute atomic E-state index is 14.4. The molecule has 0 spiro atoms. The molecule has 1 aromatic rings. The van der Waals surface area contributed by atoms with Gasteiger partial charge in [0.1, 0.15) is 17.7 Å². The molecule has 2 atom stereocenters. The van der Waals surface area contributed by atoms with E-state index in [-0.39, 0.29) is 36.3 Å². The van der Waals surface area contributed by atoms with Crippen LogP contribution in [0.3, 0.4) is 0 Å². The fourth-order valence-electron chi connectivity index (χ4n) is 2.92. The maximum atomic E-state index is 14.4. The van der Waals surface area contributed by atoms with E-state index in [2.05, 4.69) is 25.7 Å². The standard InChI is InChI=1S/C22H30F5N5O4/c1-22(2,11-23)18(32-21(35)36-3)19(34)30-9-14(33)8-29-10-15-16(24)4-12(5-17(15)25)13(6-28)7-31-20(26)27/h4-7,14,18,20,29,33H,8-11,28H2,1-3H3,(H,30,34)(H,32,35)/t14-,18?/m0/s1. The first-order valence-electron chi connectivity index (χ1n) is 10.6. The molecule has 0 aliphatic carbocycles. The molecule has 14 heteroatoms. The molecule has 0 saturated carbocycles. The second-order valence-corrected chi connectivity index (χ2v) is 8.32. The molecule has 0 aliphatic heterocycles. The number of halogens is 5. The number of ether oxygens (including phenoxy) is 1. The molecule has 1 aromatic carbocycles. The number of methoxy groups -OCH3 is 1. The van der Waals surface area contributed by atoms with Gasteiger partial charge in [-0.1, -0.05) is 13.8 Å². The van der Waals surface area contributed by atoms with E-state index in [1.165, 1.54) is 13.8 Å². The number of carbonyl (C=O) groups is 2. The quantitative estimate of drug-likeness (QED) is 0.152. The summed E-state index contributed by atoms with van der Waals surface area (Å²) in [6, 6.07) is 0.497.